The number of rotatable bonds is 8. The fraction of sp³-hybridized carbons (Fsp3) is 0.667. The van der Waals surface area contributed by atoms with Crippen LogP contribution in [0.3, 0.4) is 0 Å². The van der Waals surface area contributed by atoms with Crippen LogP contribution in [0.4, 0.5) is 0 Å². The highest BCUT2D eigenvalue weighted by molar-refractivity contribution is 8.01. The highest BCUT2D eigenvalue weighted by atomic mass is 32.2. The van der Waals surface area contributed by atoms with Crippen LogP contribution in [-0.2, 0) is 10.8 Å². The molecule has 2 saturated carbocycles. The summed E-state index contributed by atoms with van der Waals surface area (Å²) in [5.41, 5.74) is 0. The van der Waals surface area contributed by atoms with Gasteiger partial charge in [0.1, 0.15) is 0 Å². The number of benzene rings is 1. The molecule has 150 valence electrons. The van der Waals surface area contributed by atoms with Crippen LogP contribution >= 0.6 is 11.8 Å². The Labute approximate surface area is 170 Å². The Bertz CT molecular complexity index is 646. The Morgan fingerprint density at radius 1 is 1.26 bits per heavy atom. The minimum atomic E-state index is -0.687. The zero-order chi connectivity index (χ0) is 19.1. The highest BCUT2D eigenvalue weighted by Crippen LogP contribution is 2.51. The quantitative estimate of drug-likeness (QED) is 0.506. The van der Waals surface area contributed by atoms with E-state index in [1.165, 1.54) is 17.7 Å². The Balaban J connectivity index is 1.57. The minimum Gasteiger partial charge on any atom is -0.357 e. The molecule has 2 aliphatic rings. The van der Waals surface area contributed by atoms with Gasteiger partial charge in [0.2, 0.25) is 0 Å². The van der Waals surface area contributed by atoms with Crippen molar-refractivity contribution in [1.82, 2.24) is 10.6 Å². The maximum absolute atomic E-state index is 12.2. The molecule has 2 N–H and O–H groups in total. The third-order valence-electron chi connectivity index (χ3n) is 5.38. The Morgan fingerprint density at radius 2 is 2.04 bits per heavy atom. The summed E-state index contributed by atoms with van der Waals surface area (Å²) in [6.45, 7) is 5.84. The van der Waals surface area contributed by atoms with Gasteiger partial charge in [0, 0.05) is 44.0 Å². The summed E-state index contributed by atoms with van der Waals surface area (Å²) in [6.07, 6.45) is 6.86. The lowest BCUT2D eigenvalue weighted by molar-refractivity contribution is 0.413. The predicted octanol–water partition coefficient (Wildman–Crippen LogP) is 3.95. The number of guanidine groups is 1. The average molecular weight is 408 g/mol. The highest BCUT2D eigenvalue weighted by Gasteiger charge is 2.43. The number of hydrogen-bond acceptors (Lipinski definition) is 3. The van der Waals surface area contributed by atoms with Crippen LogP contribution < -0.4 is 10.6 Å². The van der Waals surface area contributed by atoms with E-state index in [1.54, 1.807) is 0 Å². The molecule has 1 aromatic rings. The van der Waals surface area contributed by atoms with Crippen LogP contribution in [0.15, 0.2) is 40.2 Å². The first-order valence-corrected chi connectivity index (χ1v) is 12.5. The van der Waals surface area contributed by atoms with Gasteiger partial charge in [-0.2, -0.15) is 0 Å². The molecule has 0 saturated heterocycles. The summed E-state index contributed by atoms with van der Waals surface area (Å²) >= 11 is 1.97. The first-order valence-electron chi connectivity index (χ1n) is 10.3. The van der Waals surface area contributed by atoms with Crippen molar-refractivity contribution >= 4 is 28.5 Å². The number of nitrogens with zero attached hydrogens (tertiary/aromatic N) is 1. The molecule has 3 atom stereocenters. The van der Waals surface area contributed by atoms with E-state index >= 15 is 0 Å². The molecule has 3 rings (SSSR count). The molecule has 0 amide bonds. The number of aliphatic imine (C=N–C) groups is 1. The topological polar surface area (TPSA) is 53.5 Å². The van der Waals surface area contributed by atoms with E-state index < -0.39 is 10.8 Å². The zero-order valence-corrected chi connectivity index (χ0v) is 18.2. The Kier molecular flexibility index (Phi) is 7.65. The van der Waals surface area contributed by atoms with Gasteiger partial charge in [0.05, 0.1) is 6.54 Å². The molecule has 6 heteroatoms. The van der Waals surface area contributed by atoms with E-state index in [0.717, 1.165) is 50.5 Å². The summed E-state index contributed by atoms with van der Waals surface area (Å²) < 4.78 is 12.5. The van der Waals surface area contributed by atoms with Crippen LogP contribution in [0.1, 0.15) is 52.4 Å². The Morgan fingerprint density at radius 3 is 2.70 bits per heavy atom. The number of thioether (sulfide) groups is 1. The summed E-state index contributed by atoms with van der Waals surface area (Å²) in [4.78, 5) is 6.26. The molecule has 0 bridgehead atoms. The third-order valence-corrected chi connectivity index (χ3v) is 8.60. The van der Waals surface area contributed by atoms with Crippen molar-refractivity contribution < 1.29 is 4.21 Å². The van der Waals surface area contributed by atoms with Gasteiger partial charge in [-0.1, -0.05) is 31.5 Å². The van der Waals surface area contributed by atoms with E-state index in [-0.39, 0.29) is 4.75 Å². The van der Waals surface area contributed by atoms with Crippen molar-refractivity contribution in [2.24, 2.45) is 4.99 Å². The molecular weight excluding hydrogens is 374 g/mol. The molecule has 0 aliphatic heterocycles. The van der Waals surface area contributed by atoms with Crippen LogP contribution in [-0.4, -0.2) is 45.0 Å². The van der Waals surface area contributed by atoms with Crippen molar-refractivity contribution in [3.05, 3.63) is 30.3 Å². The van der Waals surface area contributed by atoms with Crippen LogP contribution in [0.5, 0.6) is 0 Å². The van der Waals surface area contributed by atoms with E-state index in [4.69, 9.17) is 4.99 Å². The van der Waals surface area contributed by atoms with Gasteiger partial charge in [0.25, 0.3) is 0 Å². The molecule has 2 fully saturated rings. The SMILES string of the molecule is CCNC(=NCC1(Sc2ccccc2)CC1)NC1CCCC(S(=O)CC)C1. The maximum Gasteiger partial charge on any atom is 0.191 e. The molecule has 0 radical (unpaired) electrons. The summed E-state index contributed by atoms with van der Waals surface area (Å²) in [5, 5.41) is 7.37. The Hall–Kier alpha value is -1.01. The standard InChI is InChI=1S/C21H33N3OS2/c1-3-22-20(24-17-9-8-12-19(15-17)27(25)4-2)23-16-21(13-14-21)26-18-10-6-5-7-11-18/h5-7,10-11,17,19H,3-4,8-9,12-16H2,1-2H3,(H2,22,23,24). The smallest absolute Gasteiger partial charge is 0.191 e. The zero-order valence-electron chi connectivity index (χ0n) is 16.6. The molecule has 0 aromatic heterocycles. The lowest BCUT2D eigenvalue weighted by Gasteiger charge is -2.30. The van der Waals surface area contributed by atoms with Gasteiger partial charge >= 0.3 is 0 Å². The first-order chi connectivity index (χ1) is 13.1. The second kappa shape index (κ2) is 9.97. The van der Waals surface area contributed by atoms with Gasteiger partial charge in [-0.15, -0.1) is 11.8 Å². The predicted molar refractivity (Wildman–Crippen MR) is 118 cm³/mol. The summed E-state index contributed by atoms with van der Waals surface area (Å²) in [5.74, 6) is 1.69. The number of nitrogens with one attached hydrogen (secondary N) is 2. The van der Waals surface area contributed by atoms with Gasteiger partial charge in [-0.3, -0.25) is 9.20 Å². The van der Waals surface area contributed by atoms with Gasteiger partial charge in [-0.05, 0) is 51.2 Å². The average Bonchev–Trinajstić information content (AvgIpc) is 3.46. The minimum absolute atomic E-state index is 0.266. The summed E-state index contributed by atoms with van der Waals surface area (Å²) in [7, 11) is -0.687. The lowest BCUT2D eigenvalue weighted by atomic mass is 9.95. The molecule has 3 unspecified atom stereocenters. The largest absolute Gasteiger partial charge is 0.357 e. The fourth-order valence-electron chi connectivity index (χ4n) is 3.66. The van der Waals surface area contributed by atoms with E-state index in [1.807, 2.05) is 18.7 Å². The van der Waals surface area contributed by atoms with Crippen LogP contribution in [0.2, 0.25) is 0 Å². The van der Waals surface area contributed by atoms with Crippen molar-refractivity contribution in [2.45, 2.75) is 73.3 Å². The molecule has 4 nitrogen and oxygen atoms in total. The number of hydrogen-bond donors (Lipinski definition) is 2. The van der Waals surface area contributed by atoms with Gasteiger partial charge < -0.3 is 10.6 Å². The van der Waals surface area contributed by atoms with Crippen LogP contribution in [0, 0.1) is 0 Å². The molecule has 0 spiro atoms. The third kappa shape index (κ3) is 6.24. The summed E-state index contributed by atoms with van der Waals surface area (Å²) in [6, 6.07) is 11.0. The lowest BCUT2D eigenvalue weighted by Crippen LogP contribution is -2.47. The monoisotopic (exact) mass is 407 g/mol. The van der Waals surface area contributed by atoms with Crippen molar-refractivity contribution in [2.75, 3.05) is 18.8 Å². The second-order valence-corrected chi connectivity index (χ2v) is 11.1. The van der Waals surface area contributed by atoms with Crippen molar-refractivity contribution in [3.8, 4) is 0 Å². The van der Waals surface area contributed by atoms with E-state index in [0.29, 0.717) is 11.3 Å². The molecule has 2 aliphatic carbocycles. The fourth-order valence-corrected chi connectivity index (χ4v) is 6.23. The molecule has 0 heterocycles. The van der Waals surface area contributed by atoms with Crippen molar-refractivity contribution in [1.29, 1.82) is 0 Å². The van der Waals surface area contributed by atoms with E-state index in [9.17, 15) is 4.21 Å². The van der Waals surface area contributed by atoms with Gasteiger partial charge in [-0.25, -0.2) is 0 Å². The maximum atomic E-state index is 12.2. The second-order valence-electron chi connectivity index (χ2n) is 7.59. The van der Waals surface area contributed by atoms with E-state index in [2.05, 4.69) is 47.9 Å². The van der Waals surface area contributed by atoms with Crippen LogP contribution in [0.25, 0.3) is 0 Å². The van der Waals surface area contributed by atoms with Crippen molar-refractivity contribution in [3.63, 3.8) is 0 Å². The molecular formula is C21H33N3OS2. The molecule has 1 aromatic carbocycles. The van der Waals surface area contributed by atoms with Gasteiger partial charge in [0.15, 0.2) is 5.96 Å². The normalized spacial score (nSPS) is 25.6. The molecule has 27 heavy (non-hydrogen) atoms. The first kappa shape index (κ1) is 20.7.